The smallest absolute Gasteiger partial charge is 0.261 e. The van der Waals surface area contributed by atoms with Crippen LogP contribution in [0.5, 0.6) is 0 Å². The second-order valence-corrected chi connectivity index (χ2v) is 9.44. The van der Waals surface area contributed by atoms with Crippen LogP contribution in [0.25, 0.3) is 0 Å². The molecular weight excluding hydrogens is 445 g/mol. The van der Waals surface area contributed by atoms with Crippen molar-refractivity contribution in [2.75, 3.05) is 16.8 Å². The number of aliphatic hydroxyl groups is 1. The first kappa shape index (κ1) is 21.7. The monoisotopic (exact) mass is 465 g/mol. The molecule has 1 saturated carbocycles. The Morgan fingerprint density at radius 3 is 2.68 bits per heavy atom. The van der Waals surface area contributed by atoms with Gasteiger partial charge in [0.05, 0.1) is 27.0 Å². The van der Waals surface area contributed by atoms with Crippen LogP contribution in [0.3, 0.4) is 0 Å². The predicted molar refractivity (Wildman–Crippen MR) is 116 cm³/mol. The molecule has 2 aromatic rings. The minimum absolute atomic E-state index is 0.00981. The Bertz CT molecular complexity index is 1030. The lowest BCUT2D eigenvalue weighted by molar-refractivity contribution is -0.120. The van der Waals surface area contributed by atoms with Crippen LogP contribution < -0.4 is 15.5 Å². The summed E-state index contributed by atoms with van der Waals surface area (Å²) in [6.07, 6.45) is 0.689. The third-order valence-corrected chi connectivity index (χ3v) is 6.84. The Morgan fingerprint density at radius 1 is 1.23 bits per heavy atom. The molecule has 0 spiro atoms. The molecule has 1 aliphatic heterocycles. The summed E-state index contributed by atoms with van der Waals surface area (Å²) >= 11 is 6.97. The summed E-state index contributed by atoms with van der Waals surface area (Å²) < 4.78 is 15.0. The zero-order valence-corrected chi connectivity index (χ0v) is 18.0. The summed E-state index contributed by atoms with van der Waals surface area (Å²) in [6, 6.07) is 6.88. The third-order valence-electron chi connectivity index (χ3n) is 5.61. The van der Waals surface area contributed by atoms with Gasteiger partial charge in [-0.2, -0.15) is 0 Å². The van der Waals surface area contributed by atoms with Crippen LogP contribution >= 0.6 is 22.9 Å². The minimum atomic E-state index is -0.886. The Balaban J connectivity index is 1.36. The average Bonchev–Trinajstić information content (AvgIpc) is 3.44. The van der Waals surface area contributed by atoms with Gasteiger partial charge < -0.3 is 20.6 Å². The third kappa shape index (κ3) is 4.73. The van der Waals surface area contributed by atoms with Gasteiger partial charge in [0.1, 0.15) is 5.82 Å². The van der Waals surface area contributed by atoms with Crippen molar-refractivity contribution in [3.05, 3.63) is 45.4 Å². The number of nitrogens with one attached hydrogen (secondary N) is 2. The molecule has 1 aliphatic carbocycles. The summed E-state index contributed by atoms with van der Waals surface area (Å²) in [7, 11) is 0. The minimum Gasteiger partial charge on any atom is -0.391 e. The number of anilines is 2. The van der Waals surface area contributed by atoms with Crippen molar-refractivity contribution >= 4 is 52.0 Å². The zero-order valence-electron chi connectivity index (χ0n) is 16.4. The number of hydrogen-bond donors (Lipinski definition) is 3. The largest absolute Gasteiger partial charge is 0.391 e. The van der Waals surface area contributed by atoms with E-state index in [1.54, 1.807) is 18.2 Å². The number of halogens is 2. The van der Waals surface area contributed by atoms with Gasteiger partial charge in [0.25, 0.3) is 5.91 Å². The van der Waals surface area contributed by atoms with E-state index in [-0.39, 0.29) is 30.3 Å². The maximum atomic E-state index is 14.5. The average molecular weight is 466 g/mol. The predicted octanol–water partition coefficient (Wildman–Crippen LogP) is 3.18. The highest BCUT2D eigenvalue weighted by Gasteiger charge is 2.38. The molecule has 0 unspecified atom stereocenters. The summed E-state index contributed by atoms with van der Waals surface area (Å²) in [5.74, 6) is -2.05. The lowest BCUT2D eigenvalue weighted by atomic mass is 10.1. The van der Waals surface area contributed by atoms with E-state index in [9.17, 15) is 23.9 Å². The van der Waals surface area contributed by atoms with Crippen LogP contribution in [0.4, 0.5) is 15.8 Å². The normalized spacial score (nSPS) is 23.3. The van der Waals surface area contributed by atoms with Crippen LogP contribution in [-0.2, 0) is 9.59 Å². The van der Waals surface area contributed by atoms with E-state index in [0.717, 1.165) is 17.8 Å². The first-order valence-corrected chi connectivity index (χ1v) is 11.2. The van der Waals surface area contributed by atoms with Gasteiger partial charge in [0.2, 0.25) is 11.8 Å². The van der Waals surface area contributed by atoms with Gasteiger partial charge in [-0.15, -0.1) is 11.3 Å². The Kier molecular flexibility index (Phi) is 6.27. The van der Waals surface area contributed by atoms with E-state index >= 15 is 0 Å². The summed E-state index contributed by atoms with van der Waals surface area (Å²) in [6.45, 7) is 0.550. The molecule has 2 aliphatic rings. The number of thiophene rings is 1. The van der Waals surface area contributed by atoms with Crippen LogP contribution in [0.1, 0.15) is 35.4 Å². The topological polar surface area (TPSA) is 98.7 Å². The van der Waals surface area contributed by atoms with Gasteiger partial charge >= 0.3 is 0 Å². The molecule has 0 bridgehead atoms. The number of aliphatic hydroxyl groups excluding tert-OH is 1. The standard InChI is InChI=1S/C21H21ClFN3O4S/c22-18-6-5-17(31-18)21(30)25-15-8-11(9-16(15)27)20(29)24-14-4-3-12(10-13(14)23)26-7-1-2-19(26)28/h3-6,10-11,15-16,27H,1-2,7-9H2,(H,24,29)(H,25,30)/t11-,15+,16+/m1/s1. The van der Waals surface area contributed by atoms with Crippen molar-refractivity contribution in [3.63, 3.8) is 0 Å². The molecule has 3 atom stereocenters. The van der Waals surface area contributed by atoms with Crippen molar-refractivity contribution in [2.45, 2.75) is 37.8 Å². The summed E-state index contributed by atoms with van der Waals surface area (Å²) in [5.41, 5.74) is 0.473. The maximum Gasteiger partial charge on any atom is 0.261 e. The molecule has 10 heteroatoms. The molecule has 4 rings (SSSR count). The molecule has 7 nitrogen and oxygen atoms in total. The van der Waals surface area contributed by atoms with Crippen LogP contribution in [0, 0.1) is 11.7 Å². The fraction of sp³-hybridized carbons (Fsp3) is 0.381. The number of hydrogen-bond acceptors (Lipinski definition) is 5. The van der Waals surface area contributed by atoms with E-state index in [4.69, 9.17) is 11.6 Å². The van der Waals surface area contributed by atoms with Crippen molar-refractivity contribution < 1.29 is 23.9 Å². The van der Waals surface area contributed by atoms with Gasteiger partial charge in [-0.3, -0.25) is 14.4 Å². The second-order valence-electron chi connectivity index (χ2n) is 7.72. The number of amides is 3. The van der Waals surface area contributed by atoms with Crippen molar-refractivity contribution in [3.8, 4) is 0 Å². The number of rotatable bonds is 5. The molecular formula is C21H21ClFN3O4S. The van der Waals surface area contributed by atoms with Crippen LogP contribution in [0.2, 0.25) is 4.34 Å². The van der Waals surface area contributed by atoms with E-state index in [2.05, 4.69) is 10.6 Å². The number of carbonyl (C=O) groups excluding carboxylic acids is 3. The molecule has 2 fully saturated rings. The van der Waals surface area contributed by atoms with Crippen molar-refractivity contribution in [2.24, 2.45) is 5.92 Å². The summed E-state index contributed by atoms with van der Waals surface area (Å²) in [4.78, 5) is 38.7. The Morgan fingerprint density at radius 2 is 2.03 bits per heavy atom. The Labute approximate surface area is 187 Å². The molecule has 2 heterocycles. The highest BCUT2D eigenvalue weighted by atomic mass is 35.5. The fourth-order valence-electron chi connectivity index (χ4n) is 3.99. The van der Waals surface area contributed by atoms with Gasteiger partial charge in [0, 0.05) is 24.6 Å². The van der Waals surface area contributed by atoms with Gasteiger partial charge in [-0.25, -0.2) is 4.39 Å². The molecule has 1 saturated heterocycles. The van der Waals surface area contributed by atoms with E-state index < -0.39 is 29.8 Å². The SMILES string of the molecule is O=C(N[C@H]1C[C@@H](C(=O)Nc2ccc(N3CCCC3=O)cc2F)C[C@@H]1O)c1ccc(Cl)s1. The molecule has 3 amide bonds. The molecule has 164 valence electrons. The van der Waals surface area contributed by atoms with E-state index in [1.165, 1.54) is 17.0 Å². The molecule has 1 aromatic heterocycles. The van der Waals surface area contributed by atoms with Gasteiger partial charge in [-0.05, 0) is 49.6 Å². The van der Waals surface area contributed by atoms with Crippen molar-refractivity contribution in [1.29, 1.82) is 0 Å². The lowest BCUT2D eigenvalue weighted by Crippen LogP contribution is -2.39. The lowest BCUT2D eigenvalue weighted by Gasteiger charge is -2.17. The number of nitrogens with zero attached hydrogens (tertiary/aromatic N) is 1. The van der Waals surface area contributed by atoms with Gasteiger partial charge in [-0.1, -0.05) is 11.6 Å². The number of benzene rings is 1. The highest BCUT2D eigenvalue weighted by Crippen LogP contribution is 2.30. The zero-order chi connectivity index (χ0) is 22.1. The first-order chi connectivity index (χ1) is 14.8. The molecule has 3 N–H and O–H groups in total. The maximum absolute atomic E-state index is 14.5. The molecule has 31 heavy (non-hydrogen) atoms. The van der Waals surface area contributed by atoms with Crippen LogP contribution in [-0.4, -0.2) is 41.5 Å². The molecule has 1 aromatic carbocycles. The van der Waals surface area contributed by atoms with Crippen molar-refractivity contribution in [1.82, 2.24) is 5.32 Å². The van der Waals surface area contributed by atoms with Crippen LogP contribution in [0.15, 0.2) is 30.3 Å². The quantitative estimate of drug-likeness (QED) is 0.631. The number of carbonyl (C=O) groups is 3. The molecule has 0 radical (unpaired) electrons. The fourth-order valence-corrected chi connectivity index (χ4v) is 4.94. The second kappa shape index (κ2) is 8.94. The summed E-state index contributed by atoms with van der Waals surface area (Å²) in [5, 5.41) is 15.6. The van der Waals surface area contributed by atoms with E-state index in [0.29, 0.717) is 27.9 Å². The van der Waals surface area contributed by atoms with E-state index in [1.807, 2.05) is 0 Å². The first-order valence-electron chi connectivity index (χ1n) is 9.97. The Hall–Kier alpha value is -2.49. The highest BCUT2D eigenvalue weighted by molar-refractivity contribution is 7.18. The van der Waals surface area contributed by atoms with Gasteiger partial charge in [0.15, 0.2) is 0 Å².